The van der Waals surface area contributed by atoms with Crippen LogP contribution in [0.1, 0.15) is 0 Å². The summed E-state index contributed by atoms with van der Waals surface area (Å²) in [5.74, 6) is 1.68. The van der Waals surface area contributed by atoms with E-state index < -0.39 is 0 Å². The molecule has 1 aromatic heterocycles. The Hall–Kier alpha value is -2.61. The van der Waals surface area contributed by atoms with Gasteiger partial charge in [0.25, 0.3) is 0 Å². The van der Waals surface area contributed by atoms with Crippen LogP contribution in [0.4, 0.5) is 0 Å². The number of hydrogen-bond donors (Lipinski definition) is 0. The molecule has 0 saturated heterocycles. The van der Waals surface area contributed by atoms with Crippen LogP contribution in [0.3, 0.4) is 0 Å². The molecule has 2 heteroatoms. The second-order valence-electron chi connectivity index (χ2n) is 4.18. The molecule has 0 saturated carbocycles. The highest BCUT2D eigenvalue weighted by atomic mass is 16.5. The second-order valence-corrected chi connectivity index (χ2v) is 4.18. The predicted octanol–water partition coefficient (Wildman–Crippen LogP) is 4.54. The van der Waals surface area contributed by atoms with Gasteiger partial charge in [0.15, 0.2) is 0 Å². The quantitative estimate of drug-likeness (QED) is 0.677. The largest absolute Gasteiger partial charge is 0.457 e. The summed E-state index contributed by atoms with van der Waals surface area (Å²) in [6.45, 7) is 0. The van der Waals surface area contributed by atoms with Gasteiger partial charge in [-0.3, -0.25) is 4.98 Å². The number of rotatable bonds is 3. The Morgan fingerprint density at radius 2 is 1.37 bits per heavy atom. The van der Waals surface area contributed by atoms with E-state index in [0.29, 0.717) is 0 Å². The van der Waals surface area contributed by atoms with Gasteiger partial charge in [-0.15, -0.1) is 0 Å². The Morgan fingerprint density at radius 3 is 2.05 bits per heavy atom. The molecule has 3 rings (SSSR count). The molecule has 0 bridgehead atoms. The van der Waals surface area contributed by atoms with Crippen molar-refractivity contribution in [3.63, 3.8) is 0 Å². The summed E-state index contributed by atoms with van der Waals surface area (Å²) in [5.41, 5.74) is 2.24. The molecule has 0 atom stereocenters. The normalized spacial score (nSPS) is 10.1. The lowest BCUT2D eigenvalue weighted by atomic mass is 10.1. The van der Waals surface area contributed by atoms with Crippen molar-refractivity contribution in [1.82, 2.24) is 4.98 Å². The zero-order chi connectivity index (χ0) is 12.9. The van der Waals surface area contributed by atoms with Crippen LogP contribution in [0, 0.1) is 0 Å². The van der Waals surface area contributed by atoms with Crippen molar-refractivity contribution in [3.05, 3.63) is 79.1 Å². The molecule has 1 heterocycles. The number of aromatic nitrogens is 1. The van der Waals surface area contributed by atoms with E-state index in [1.165, 1.54) is 0 Å². The molecular weight excluding hydrogens is 234 g/mol. The minimum Gasteiger partial charge on any atom is -0.457 e. The van der Waals surface area contributed by atoms with Crippen molar-refractivity contribution in [3.8, 4) is 22.6 Å². The molecule has 0 unspecified atom stereocenters. The molecule has 2 nitrogen and oxygen atoms in total. The number of ether oxygens (including phenoxy) is 1. The van der Waals surface area contributed by atoms with Crippen LogP contribution >= 0.6 is 0 Å². The van der Waals surface area contributed by atoms with Gasteiger partial charge in [0.2, 0.25) is 0 Å². The third-order valence-electron chi connectivity index (χ3n) is 2.83. The maximum Gasteiger partial charge on any atom is 0.127 e. The summed E-state index contributed by atoms with van der Waals surface area (Å²) < 4.78 is 5.75. The van der Waals surface area contributed by atoms with Gasteiger partial charge in [-0.05, 0) is 41.5 Å². The molecule has 3 aromatic rings. The minimum atomic E-state index is 0.832. The maximum atomic E-state index is 5.75. The van der Waals surface area contributed by atoms with Crippen molar-refractivity contribution in [2.75, 3.05) is 0 Å². The van der Waals surface area contributed by atoms with E-state index in [2.05, 4.69) is 4.98 Å². The molecular formula is C17H13NO. The summed E-state index contributed by atoms with van der Waals surface area (Å²) in [6, 6.07) is 21.8. The van der Waals surface area contributed by atoms with Crippen LogP contribution in [0.15, 0.2) is 79.1 Å². The van der Waals surface area contributed by atoms with Crippen molar-refractivity contribution >= 4 is 0 Å². The minimum absolute atomic E-state index is 0.832. The molecule has 2 aromatic carbocycles. The Labute approximate surface area is 112 Å². The van der Waals surface area contributed by atoms with Crippen molar-refractivity contribution in [2.45, 2.75) is 0 Å². The highest BCUT2D eigenvalue weighted by Gasteiger charge is 1.99. The lowest BCUT2D eigenvalue weighted by molar-refractivity contribution is 0.483. The Morgan fingerprint density at radius 1 is 0.632 bits per heavy atom. The predicted molar refractivity (Wildman–Crippen MR) is 76.2 cm³/mol. The van der Waals surface area contributed by atoms with Gasteiger partial charge in [-0.1, -0.05) is 36.4 Å². The molecule has 0 N–H and O–H groups in total. The van der Waals surface area contributed by atoms with E-state index in [1.807, 2.05) is 72.9 Å². The molecule has 0 aliphatic carbocycles. The van der Waals surface area contributed by atoms with Gasteiger partial charge >= 0.3 is 0 Å². The van der Waals surface area contributed by atoms with Gasteiger partial charge in [0, 0.05) is 12.4 Å². The number of pyridine rings is 1. The smallest absolute Gasteiger partial charge is 0.127 e. The van der Waals surface area contributed by atoms with Gasteiger partial charge in [0.1, 0.15) is 11.5 Å². The lowest BCUT2D eigenvalue weighted by Crippen LogP contribution is -1.84. The number of para-hydroxylation sites is 1. The first-order chi connectivity index (χ1) is 9.42. The standard InChI is InChI=1S/C17H13NO/c1-2-6-16(7-3-1)19-17-10-8-14(9-11-17)15-5-4-12-18-13-15/h1-13H. The topological polar surface area (TPSA) is 22.1 Å². The highest BCUT2D eigenvalue weighted by Crippen LogP contribution is 2.25. The Bertz CT molecular complexity index is 633. The molecule has 92 valence electrons. The summed E-state index contributed by atoms with van der Waals surface area (Å²) in [6.07, 6.45) is 3.63. The first-order valence-corrected chi connectivity index (χ1v) is 6.15. The fourth-order valence-corrected chi connectivity index (χ4v) is 1.87. The average Bonchev–Trinajstić information content (AvgIpc) is 2.50. The highest BCUT2D eigenvalue weighted by molar-refractivity contribution is 5.63. The van der Waals surface area contributed by atoms with E-state index >= 15 is 0 Å². The van der Waals surface area contributed by atoms with Crippen LogP contribution in [0.5, 0.6) is 11.5 Å². The average molecular weight is 247 g/mol. The fraction of sp³-hybridized carbons (Fsp3) is 0. The molecule has 0 fully saturated rings. The van der Waals surface area contributed by atoms with Crippen LogP contribution in [-0.4, -0.2) is 4.98 Å². The van der Waals surface area contributed by atoms with Crippen molar-refractivity contribution < 1.29 is 4.74 Å². The van der Waals surface area contributed by atoms with E-state index in [9.17, 15) is 0 Å². The molecule has 0 aliphatic rings. The van der Waals surface area contributed by atoms with Gasteiger partial charge in [-0.25, -0.2) is 0 Å². The van der Waals surface area contributed by atoms with Gasteiger partial charge in [-0.2, -0.15) is 0 Å². The Kier molecular flexibility index (Phi) is 3.24. The van der Waals surface area contributed by atoms with Crippen LogP contribution < -0.4 is 4.74 Å². The van der Waals surface area contributed by atoms with Crippen LogP contribution in [-0.2, 0) is 0 Å². The maximum absolute atomic E-state index is 5.75. The molecule has 0 amide bonds. The number of nitrogens with zero attached hydrogens (tertiary/aromatic N) is 1. The van der Waals surface area contributed by atoms with E-state index in [1.54, 1.807) is 6.20 Å². The Balaban J connectivity index is 1.80. The van der Waals surface area contributed by atoms with Gasteiger partial charge < -0.3 is 4.74 Å². The van der Waals surface area contributed by atoms with Gasteiger partial charge in [0.05, 0.1) is 0 Å². The zero-order valence-corrected chi connectivity index (χ0v) is 10.4. The molecule has 0 spiro atoms. The molecule has 0 aliphatic heterocycles. The van der Waals surface area contributed by atoms with E-state index in [-0.39, 0.29) is 0 Å². The first-order valence-electron chi connectivity index (χ1n) is 6.15. The summed E-state index contributed by atoms with van der Waals surface area (Å²) in [4.78, 5) is 4.12. The lowest BCUT2D eigenvalue weighted by Gasteiger charge is -2.06. The van der Waals surface area contributed by atoms with E-state index in [0.717, 1.165) is 22.6 Å². The molecule has 19 heavy (non-hydrogen) atoms. The number of hydrogen-bond acceptors (Lipinski definition) is 2. The second kappa shape index (κ2) is 5.36. The van der Waals surface area contributed by atoms with Crippen LogP contribution in [0.25, 0.3) is 11.1 Å². The third-order valence-corrected chi connectivity index (χ3v) is 2.83. The first kappa shape index (κ1) is 11.5. The summed E-state index contributed by atoms with van der Waals surface area (Å²) in [7, 11) is 0. The van der Waals surface area contributed by atoms with Crippen molar-refractivity contribution in [2.24, 2.45) is 0 Å². The summed E-state index contributed by atoms with van der Waals surface area (Å²) >= 11 is 0. The molecule has 0 radical (unpaired) electrons. The SMILES string of the molecule is c1ccc(Oc2ccc(-c3cccnc3)cc2)cc1. The summed E-state index contributed by atoms with van der Waals surface area (Å²) in [5, 5.41) is 0. The monoisotopic (exact) mass is 247 g/mol. The van der Waals surface area contributed by atoms with Crippen molar-refractivity contribution in [1.29, 1.82) is 0 Å². The zero-order valence-electron chi connectivity index (χ0n) is 10.4. The fourth-order valence-electron chi connectivity index (χ4n) is 1.87. The van der Waals surface area contributed by atoms with E-state index in [4.69, 9.17) is 4.74 Å². The van der Waals surface area contributed by atoms with Crippen LogP contribution in [0.2, 0.25) is 0 Å². The number of benzene rings is 2. The third kappa shape index (κ3) is 2.80.